The lowest BCUT2D eigenvalue weighted by atomic mass is 10.2. The minimum atomic E-state index is -0.368. The third-order valence-electron chi connectivity index (χ3n) is 4.77. The Hall–Kier alpha value is -3.63. The molecule has 0 unspecified atom stereocenters. The number of benzene rings is 3. The fraction of sp³-hybridized carbons (Fsp3) is 0.0833. The molecule has 0 fully saturated rings. The zero-order valence-electron chi connectivity index (χ0n) is 17.9. The highest BCUT2D eigenvalue weighted by molar-refractivity contribution is 9.10. The van der Waals surface area contributed by atoms with Gasteiger partial charge in [0.2, 0.25) is 0 Å². The van der Waals surface area contributed by atoms with E-state index in [1.807, 2.05) is 36.4 Å². The average Bonchev–Trinajstić information content (AvgIpc) is 2.85. The standard InChI is InChI=1S/C24H19BrN4O4S/c1-33-20-12-15(11-18(25)22(20)31)13-26-28-21(30)14-34-24-27-19-10-6-5-9-17(19)23(32)29(24)16-7-3-2-4-8-16/h2-13,31H,14H2,1H3,(H,28,30)/b26-13+. The number of rotatable bonds is 7. The Morgan fingerprint density at radius 2 is 1.94 bits per heavy atom. The molecule has 0 aliphatic heterocycles. The molecule has 8 nitrogen and oxygen atoms in total. The molecule has 0 bridgehead atoms. The topological polar surface area (TPSA) is 106 Å². The summed E-state index contributed by atoms with van der Waals surface area (Å²) >= 11 is 4.38. The molecule has 0 radical (unpaired) electrons. The molecule has 0 aliphatic carbocycles. The van der Waals surface area contributed by atoms with Crippen LogP contribution in [0.1, 0.15) is 5.56 Å². The number of thioether (sulfide) groups is 1. The molecule has 0 saturated heterocycles. The Morgan fingerprint density at radius 1 is 1.21 bits per heavy atom. The molecule has 10 heteroatoms. The highest BCUT2D eigenvalue weighted by atomic mass is 79.9. The smallest absolute Gasteiger partial charge is 0.266 e. The van der Waals surface area contributed by atoms with Crippen LogP contribution in [0.3, 0.4) is 0 Å². The van der Waals surface area contributed by atoms with Gasteiger partial charge in [0, 0.05) is 0 Å². The molecule has 1 aromatic heterocycles. The summed E-state index contributed by atoms with van der Waals surface area (Å²) in [6.07, 6.45) is 1.43. The molecule has 4 rings (SSSR count). The molecule has 0 atom stereocenters. The largest absolute Gasteiger partial charge is 0.503 e. The Balaban J connectivity index is 1.52. The summed E-state index contributed by atoms with van der Waals surface area (Å²) in [4.78, 5) is 30.2. The van der Waals surface area contributed by atoms with Crippen LogP contribution in [0.15, 0.2) is 86.3 Å². The van der Waals surface area contributed by atoms with Gasteiger partial charge in [-0.1, -0.05) is 42.1 Å². The maximum absolute atomic E-state index is 13.2. The van der Waals surface area contributed by atoms with Crippen molar-refractivity contribution in [3.05, 3.63) is 87.1 Å². The van der Waals surface area contributed by atoms with Crippen LogP contribution in [0, 0.1) is 0 Å². The van der Waals surface area contributed by atoms with Crippen LogP contribution in [-0.2, 0) is 4.79 Å². The summed E-state index contributed by atoms with van der Waals surface area (Å²) in [5.74, 6) is -0.114. The van der Waals surface area contributed by atoms with Crippen molar-refractivity contribution in [1.82, 2.24) is 15.0 Å². The number of nitrogens with one attached hydrogen (secondary N) is 1. The van der Waals surface area contributed by atoms with Gasteiger partial charge >= 0.3 is 0 Å². The second-order valence-corrected chi connectivity index (χ2v) is 8.82. The summed E-state index contributed by atoms with van der Waals surface area (Å²) in [5.41, 5.74) is 4.10. The number of amides is 1. The van der Waals surface area contributed by atoms with Gasteiger partial charge in [-0.25, -0.2) is 10.4 Å². The molecule has 4 aromatic rings. The van der Waals surface area contributed by atoms with Gasteiger partial charge in [-0.05, 0) is 57.9 Å². The van der Waals surface area contributed by atoms with Gasteiger partial charge in [-0.3, -0.25) is 14.2 Å². The minimum Gasteiger partial charge on any atom is -0.503 e. The van der Waals surface area contributed by atoms with E-state index in [1.165, 1.54) is 17.9 Å². The number of aromatic hydroxyl groups is 1. The van der Waals surface area contributed by atoms with Crippen molar-refractivity contribution in [2.45, 2.75) is 5.16 Å². The van der Waals surface area contributed by atoms with E-state index in [0.717, 1.165) is 11.8 Å². The van der Waals surface area contributed by atoms with Gasteiger partial charge in [0.05, 0.1) is 40.1 Å². The Morgan fingerprint density at radius 3 is 2.71 bits per heavy atom. The fourth-order valence-corrected chi connectivity index (χ4v) is 4.44. The number of phenols is 1. The van der Waals surface area contributed by atoms with E-state index in [9.17, 15) is 14.7 Å². The van der Waals surface area contributed by atoms with Crippen LogP contribution >= 0.6 is 27.7 Å². The zero-order valence-corrected chi connectivity index (χ0v) is 20.3. The summed E-state index contributed by atoms with van der Waals surface area (Å²) in [7, 11) is 1.44. The lowest BCUT2D eigenvalue weighted by Gasteiger charge is -2.12. The van der Waals surface area contributed by atoms with Crippen molar-refractivity contribution >= 4 is 50.7 Å². The van der Waals surface area contributed by atoms with Crippen LogP contribution in [0.4, 0.5) is 0 Å². The fourth-order valence-electron chi connectivity index (χ4n) is 3.18. The van der Waals surface area contributed by atoms with Crippen molar-refractivity contribution < 1.29 is 14.6 Å². The Labute approximate surface area is 207 Å². The first-order chi connectivity index (χ1) is 16.5. The summed E-state index contributed by atoms with van der Waals surface area (Å²) < 4.78 is 7.05. The molecule has 34 heavy (non-hydrogen) atoms. The number of carbonyl (C=O) groups is 1. The minimum absolute atomic E-state index is 0.00243. The van der Waals surface area contributed by atoms with E-state index >= 15 is 0 Å². The molecule has 1 heterocycles. The molecular weight excluding hydrogens is 520 g/mol. The normalized spacial score (nSPS) is 11.1. The zero-order chi connectivity index (χ0) is 24.1. The van der Waals surface area contributed by atoms with Gasteiger partial charge in [-0.2, -0.15) is 5.10 Å². The molecule has 0 spiro atoms. The van der Waals surface area contributed by atoms with Crippen molar-refractivity contribution in [2.24, 2.45) is 5.10 Å². The summed E-state index contributed by atoms with van der Waals surface area (Å²) in [6.45, 7) is 0. The van der Waals surface area contributed by atoms with Gasteiger partial charge in [0.25, 0.3) is 11.5 Å². The number of para-hydroxylation sites is 2. The molecule has 172 valence electrons. The predicted molar refractivity (Wildman–Crippen MR) is 136 cm³/mol. The number of aromatic nitrogens is 2. The third kappa shape index (κ3) is 5.13. The van der Waals surface area contributed by atoms with Gasteiger partial charge in [0.15, 0.2) is 16.7 Å². The Bertz CT molecular complexity index is 1440. The summed E-state index contributed by atoms with van der Waals surface area (Å²) in [6, 6.07) is 19.5. The number of carbonyl (C=O) groups excluding carboxylic acids is 1. The molecule has 2 N–H and O–H groups in total. The Kier molecular flexibility index (Phi) is 7.29. The maximum atomic E-state index is 13.2. The average molecular weight is 539 g/mol. The number of hydrogen-bond acceptors (Lipinski definition) is 7. The number of fused-ring (bicyclic) bond motifs is 1. The number of nitrogens with zero attached hydrogens (tertiary/aromatic N) is 3. The van der Waals surface area contributed by atoms with Gasteiger partial charge in [0.1, 0.15) is 0 Å². The molecule has 3 aromatic carbocycles. The van der Waals surface area contributed by atoms with Crippen molar-refractivity contribution in [3.8, 4) is 17.2 Å². The number of ether oxygens (including phenoxy) is 1. The predicted octanol–water partition coefficient (Wildman–Crippen LogP) is 4.10. The van der Waals surface area contributed by atoms with Crippen LogP contribution in [-0.4, -0.2) is 39.6 Å². The van der Waals surface area contributed by atoms with Crippen molar-refractivity contribution in [1.29, 1.82) is 0 Å². The van der Waals surface area contributed by atoms with E-state index in [4.69, 9.17) is 4.74 Å². The number of phenolic OH excluding ortho intramolecular Hbond substituents is 1. The SMILES string of the molecule is COc1cc(/C=N/NC(=O)CSc2nc3ccccc3c(=O)n2-c2ccccc2)cc(Br)c1O. The second-order valence-electron chi connectivity index (χ2n) is 7.02. The third-order valence-corrected chi connectivity index (χ3v) is 6.31. The van der Waals surface area contributed by atoms with Crippen LogP contribution in [0.2, 0.25) is 0 Å². The van der Waals surface area contributed by atoms with Crippen LogP contribution in [0.5, 0.6) is 11.5 Å². The van der Waals surface area contributed by atoms with E-state index in [2.05, 4.69) is 31.4 Å². The van der Waals surface area contributed by atoms with E-state index in [0.29, 0.717) is 31.8 Å². The number of methoxy groups -OCH3 is 1. The lowest BCUT2D eigenvalue weighted by Crippen LogP contribution is -2.24. The van der Waals surface area contributed by atoms with Crippen molar-refractivity contribution in [2.75, 3.05) is 12.9 Å². The first kappa shape index (κ1) is 23.5. The quantitative estimate of drug-likeness (QED) is 0.159. The molecule has 1 amide bonds. The summed E-state index contributed by atoms with van der Waals surface area (Å²) in [5, 5.41) is 14.8. The van der Waals surface area contributed by atoms with E-state index in [-0.39, 0.29) is 28.7 Å². The maximum Gasteiger partial charge on any atom is 0.266 e. The molecule has 0 saturated carbocycles. The van der Waals surface area contributed by atoms with E-state index < -0.39 is 0 Å². The number of hydrogen-bond donors (Lipinski definition) is 2. The monoisotopic (exact) mass is 538 g/mol. The highest BCUT2D eigenvalue weighted by Gasteiger charge is 2.14. The van der Waals surface area contributed by atoms with Crippen molar-refractivity contribution in [3.63, 3.8) is 0 Å². The molecule has 0 aliphatic rings. The number of halogens is 1. The second kappa shape index (κ2) is 10.5. The van der Waals surface area contributed by atoms with Crippen LogP contribution in [0.25, 0.3) is 16.6 Å². The van der Waals surface area contributed by atoms with Crippen LogP contribution < -0.4 is 15.7 Å². The lowest BCUT2D eigenvalue weighted by molar-refractivity contribution is -0.118. The highest BCUT2D eigenvalue weighted by Crippen LogP contribution is 2.34. The first-order valence-corrected chi connectivity index (χ1v) is 11.8. The number of hydrazone groups is 1. The van der Waals surface area contributed by atoms with E-state index in [1.54, 1.807) is 30.3 Å². The van der Waals surface area contributed by atoms with Gasteiger partial charge in [-0.15, -0.1) is 0 Å². The first-order valence-electron chi connectivity index (χ1n) is 10.1. The van der Waals surface area contributed by atoms with Gasteiger partial charge < -0.3 is 9.84 Å². The molecular formula is C24H19BrN4O4S.